The summed E-state index contributed by atoms with van der Waals surface area (Å²) in [7, 11) is -4.21. The topological polar surface area (TPSA) is 89.4 Å². The molecule has 0 atom stereocenters. The zero-order chi connectivity index (χ0) is 14.8. The van der Waals surface area contributed by atoms with Gasteiger partial charge in [0.2, 0.25) is 0 Å². The largest absolute Gasteiger partial charge is 0.344 e. The third-order valence-electron chi connectivity index (χ3n) is 3.45. The van der Waals surface area contributed by atoms with Gasteiger partial charge in [0.05, 0.1) is 0 Å². The Kier molecular flexibility index (Phi) is 5.89. The van der Waals surface area contributed by atoms with Crippen molar-refractivity contribution in [3.63, 3.8) is 0 Å². The van der Waals surface area contributed by atoms with Crippen LogP contribution in [-0.4, -0.2) is 13.0 Å². The molecule has 4 N–H and O–H groups in total. The lowest BCUT2D eigenvalue weighted by Crippen LogP contribution is -2.05. The van der Waals surface area contributed by atoms with Crippen molar-refractivity contribution in [1.82, 2.24) is 6.15 Å². The van der Waals surface area contributed by atoms with E-state index in [1.54, 1.807) is 12.1 Å². The smallest absolute Gasteiger partial charge is 0.295 e. The minimum Gasteiger partial charge on any atom is -0.344 e. The van der Waals surface area contributed by atoms with Gasteiger partial charge in [0.15, 0.2) is 0 Å². The average Bonchev–Trinajstić information content (AvgIpc) is 2.36. The second-order valence-corrected chi connectivity index (χ2v) is 6.89. The molecule has 2 aromatic carbocycles. The van der Waals surface area contributed by atoms with Gasteiger partial charge in [0, 0.05) is 5.39 Å². The van der Waals surface area contributed by atoms with Gasteiger partial charge in [0.25, 0.3) is 10.1 Å². The van der Waals surface area contributed by atoms with Crippen LogP contribution in [0.25, 0.3) is 10.8 Å². The molecule has 0 aliphatic rings. The average molecular weight is 309 g/mol. The van der Waals surface area contributed by atoms with Crippen LogP contribution in [0.3, 0.4) is 0 Å². The molecule has 21 heavy (non-hydrogen) atoms. The third kappa shape index (κ3) is 4.27. The Hall–Kier alpha value is -1.43. The van der Waals surface area contributed by atoms with Gasteiger partial charge in [-0.2, -0.15) is 8.42 Å². The molecule has 2 aromatic rings. The van der Waals surface area contributed by atoms with Gasteiger partial charge in [-0.05, 0) is 29.7 Å². The molecule has 0 unspecified atom stereocenters. The molecular weight excluding hydrogens is 286 g/mol. The van der Waals surface area contributed by atoms with Crippen molar-refractivity contribution < 1.29 is 13.0 Å². The van der Waals surface area contributed by atoms with E-state index in [0.29, 0.717) is 23.3 Å². The Morgan fingerprint density at radius 1 is 1.10 bits per heavy atom. The van der Waals surface area contributed by atoms with Crippen molar-refractivity contribution in [3.8, 4) is 0 Å². The number of benzene rings is 2. The Labute approximate surface area is 126 Å². The molecule has 0 fully saturated rings. The van der Waals surface area contributed by atoms with E-state index in [1.807, 2.05) is 24.3 Å². The highest BCUT2D eigenvalue weighted by Gasteiger charge is 2.18. The molecule has 0 saturated heterocycles. The van der Waals surface area contributed by atoms with Gasteiger partial charge in [-0.15, -0.1) is 0 Å². The molecular formula is C16H23NO3S. The van der Waals surface area contributed by atoms with Crippen LogP contribution in [-0.2, 0) is 16.5 Å². The van der Waals surface area contributed by atoms with Gasteiger partial charge in [0.1, 0.15) is 4.90 Å². The first kappa shape index (κ1) is 17.6. The van der Waals surface area contributed by atoms with E-state index >= 15 is 0 Å². The lowest BCUT2D eigenvalue weighted by Gasteiger charge is -2.11. The number of hydrogen-bond acceptors (Lipinski definition) is 3. The van der Waals surface area contributed by atoms with Crippen LogP contribution in [0.4, 0.5) is 0 Å². The molecule has 0 aliphatic carbocycles. The second kappa shape index (κ2) is 7.02. The van der Waals surface area contributed by atoms with Gasteiger partial charge in [-0.1, -0.05) is 56.7 Å². The second-order valence-electron chi connectivity index (χ2n) is 5.54. The number of rotatable bonds is 5. The Bertz CT molecular complexity index is 709. The summed E-state index contributed by atoms with van der Waals surface area (Å²) in [4.78, 5) is 0.0688. The molecule has 2 rings (SSSR count). The summed E-state index contributed by atoms with van der Waals surface area (Å²) in [6.45, 7) is 4.29. The minimum atomic E-state index is -4.21. The van der Waals surface area contributed by atoms with Gasteiger partial charge >= 0.3 is 0 Å². The van der Waals surface area contributed by atoms with Crippen molar-refractivity contribution in [1.29, 1.82) is 0 Å². The summed E-state index contributed by atoms with van der Waals surface area (Å²) in [6.07, 6.45) is 2.62. The van der Waals surface area contributed by atoms with Gasteiger partial charge < -0.3 is 6.15 Å². The summed E-state index contributed by atoms with van der Waals surface area (Å²) in [5, 5.41) is 1.42. The first-order chi connectivity index (χ1) is 9.39. The van der Waals surface area contributed by atoms with Crippen LogP contribution < -0.4 is 6.15 Å². The number of hydrogen-bond donors (Lipinski definition) is 2. The first-order valence-corrected chi connectivity index (χ1v) is 8.31. The molecule has 0 saturated carbocycles. The SMILES string of the molecule is CC(C)CCCc1ccc2ccccc2c1S(=O)(=O)O.N. The predicted molar refractivity (Wildman–Crippen MR) is 86.6 cm³/mol. The molecule has 0 bridgehead atoms. The molecule has 0 spiro atoms. The maximum atomic E-state index is 11.7. The van der Waals surface area contributed by atoms with Gasteiger partial charge in [-0.3, -0.25) is 4.55 Å². The summed E-state index contributed by atoms with van der Waals surface area (Å²) in [5.41, 5.74) is 0.701. The summed E-state index contributed by atoms with van der Waals surface area (Å²) in [5.74, 6) is 0.588. The quantitative estimate of drug-likeness (QED) is 0.809. The Morgan fingerprint density at radius 3 is 2.38 bits per heavy atom. The molecule has 5 heteroatoms. The van der Waals surface area contributed by atoms with E-state index in [9.17, 15) is 13.0 Å². The molecule has 0 heterocycles. The maximum absolute atomic E-state index is 11.7. The lowest BCUT2D eigenvalue weighted by molar-refractivity contribution is 0.482. The number of fused-ring (bicyclic) bond motifs is 1. The first-order valence-electron chi connectivity index (χ1n) is 6.87. The fourth-order valence-electron chi connectivity index (χ4n) is 2.49. The minimum absolute atomic E-state index is 0. The fraction of sp³-hybridized carbons (Fsp3) is 0.375. The van der Waals surface area contributed by atoms with Crippen LogP contribution in [0.2, 0.25) is 0 Å². The lowest BCUT2D eigenvalue weighted by atomic mass is 10.00. The highest BCUT2D eigenvalue weighted by molar-refractivity contribution is 7.86. The van der Waals surface area contributed by atoms with Gasteiger partial charge in [-0.25, -0.2) is 0 Å². The maximum Gasteiger partial charge on any atom is 0.295 e. The molecule has 0 amide bonds. The van der Waals surface area contributed by atoms with Crippen molar-refractivity contribution in [2.45, 2.75) is 38.0 Å². The van der Waals surface area contributed by atoms with E-state index in [0.717, 1.165) is 18.2 Å². The van der Waals surface area contributed by atoms with Crippen molar-refractivity contribution in [2.24, 2.45) is 5.92 Å². The van der Waals surface area contributed by atoms with Crippen LogP contribution >= 0.6 is 0 Å². The van der Waals surface area contributed by atoms with Crippen molar-refractivity contribution in [3.05, 3.63) is 42.0 Å². The van der Waals surface area contributed by atoms with Crippen molar-refractivity contribution in [2.75, 3.05) is 0 Å². The van der Waals surface area contributed by atoms with Crippen LogP contribution in [0.1, 0.15) is 32.3 Å². The summed E-state index contributed by atoms with van der Waals surface area (Å²) in [6, 6.07) is 11.0. The highest BCUT2D eigenvalue weighted by Crippen LogP contribution is 2.28. The predicted octanol–water partition coefficient (Wildman–Crippen LogP) is 4.23. The highest BCUT2D eigenvalue weighted by atomic mass is 32.2. The Morgan fingerprint density at radius 2 is 1.76 bits per heavy atom. The summed E-state index contributed by atoms with van der Waals surface area (Å²) >= 11 is 0. The third-order valence-corrected chi connectivity index (χ3v) is 4.44. The Balaban J connectivity index is 0.00000220. The van der Waals surface area contributed by atoms with Crippen molar-refractivity contribution >= 4 is 20.9 Å². The normalized spacial score (nSPS) is 11.6. The fourth-order valence-corrected chi connectivity index (χ4v) is 3.46. The van der Waals surface area contributed by atoms with Crippen LogP contribution in [0, 0.1) is 5.92 Å². The van der Waals surface area contributed by atoms with E-state index in [1.165, 1.54) is 0 Å². The zero-order valence-corrected chi connectivity index (χ0v) is 13.4. The van der Waals surface area contributed by atoms with Crippen LogP contribution in [0.15, 0.2) is 41.3 Å². The van der Waals surface area contributed by atoms with E-state index in [4.69, 9.17) is 0 Å². The summed E-state index contributed by atoms with van der Waals surface area (Å²) < 4.78 is 33.0. The monoisotopic (exact) mass is 309 g/mol. The van der Waals surface area contributed by atoms with Crippen LogP contribution in [0.5, 0.6) is 0 Å². The molecule has 116 valence electrons. The van der Waals surface area contributed by atoms with E-state index in [2.05, 4.69) is 13.8 Å². The van der Waals surface area contributed by atoms with E-state index in [-0.39, 0.29) is 11.0 Å². The van der Waals surface area contributed by atoms with E-state index < -0.39 is 10.1 Å². The molecule has 0 radical (unpaired) electrons. The standard InChI is InChI=1S/C16H20O3S.H3N/c1-12(2)6-5-8-14-11-10-13-7-3-4-9-15(13)16(14)20(17,18)19;/h3-4,7,9-12H,5-6,8H2,1-2H3,(H,17,18,19);1H3. The number of aryl methyl sites for hydroxylation is 1. The zero-order valence-electron chi connectivity index (χ0n) is 12.5. The molecule has 0 aromatic heterocycles. The molecule has 4 nitrogen and oxygen atoms in total. The molecule has 0 aliphatic heterocycles.